The van der Waals surface area contributed by atoms with E-state index in [9.17, 15) is 14.4 Å². The predicted molar refractivity (Wildman–Crippen MR) is 78.2 cm³/mol. The molecule has 0 atom stereocenters. The number of aromatic amines is 1. The Hall–Kier alpha value is -2.37. The van der Waals surface area contributed by atoms with Gasteiger partial charge in [-0.25, -0.2) is 4.79 Å². The lowest BCUT2D eigenvalue weighted by Gasteiger charge is -2.12. The molecule has 0 saturated heterocycles. The Labute approximate surface area is 122 Å². The van der Waals surface area contributed by atoms with E-state index in [1.807, 2.05) is 0 Å². The van der Waals surface area contributed by atoms with Gasteiger partial charge in [0.2, 0.25) is 5.91 Å². The van der Waals surface area contributed by atoms with Crippen molar-refractivity contribution >= 4 is 17.6 Å². The summed E-state index contributed by atoms with van der Waals surface area (Å²) in [6, 6.07) is 1.32. The van der Waals surface area contributed by atoms with Gasteiger partial charge in [0, 0.05) is 12.6 Å². The first-order valence-corrected chi connectivity index (χ1v) is 6.89. The summed E-state index contributed by atoms with van der Waals surface area (Å²) in [5.74, 6) is -0.826. The second-order valence-electron chi connectivity index (χ2n) is 4.96. The third-order valence-electron chi connectivity index (χ3n) is 3.37. The van der Waals surface area contributed by atoms with Gasteiger partial charge in [-0.05, 0) is 31.7 Å². The van der Waals surface area contributed by atoms with Crippen LogP contribution in [0.25, 0.3) is 0 Å². The van der Waals surface area contributed by atoms with E-state index in [1.54, 1.807) is 0 Å². The van der Waals surface area contributed by atoms with E-state index >= 15 is 0 Å². The van der Waals surface area contributed by atoms with Crippen LogP contribution in [0.15, 0.2) is 28.7 Å². The Morgan fingerprint density at radius 3 is 2.86 bits per heavy atom. The number of rotatable bonds is 4. The summed E-state index contributed by atoms with van der Waals surface area (Å²) in [5, 5.41) is 2.55. The van der Waals surface area contributed by atoms with Gasteiger partial charge in [-0.15, -0.1) is 0 Å². The Morgan fingerprint density at radius 2 is 2.19 bits per heavy atom. The average Bonchev–Trinajstić information content (AvgIpc) is 2.49. The van der Waals surface area contributed by atoms with Crippen molar-refractivity contribution in [3.63, 3.8) is 0 Å². The Kier molecular flexibility index (Phi) is 4.92. The van der Waals surface area contributed by atoms with E-state index in [2.05, 4.69) is 21.1 Å². The number of amides is 1. The summed E-state index contributed by atoms with van der Waals surface area (Å²) in [4.78, 5) is 37.5. The highest BCUT2D eigenvalue weighted by molar-refractivity contribution is 5.94. The first-order chi connectivity index (χ1) is 10.1. The van der Waals surface area contributed by atoms with Crippen molar-refractivity contribution in [2.75, 3.05) is 12.4 Å². The molecular weight excluding hydrogens is 272 g/mol. The number of pyridine rings is 1. The molecule has 0 saturated carbocycles. The van der Waals surface area contributed by atoms with Crippen molar-refractivity contribution in [2.45, 2.75) is 32.1 Å². The Balaban J connectivity index is 2.07. The fourth-order valence-electron chi connectivity index (χ4n) is 2.28. The van der Waals surface area contributed by atoms with Crippen molar-refractivity contribution in [1.82, 2.24) is 4.98 Å². The molecule has 0 bridgehead atoms. The van der Waals surface area contributed by atoms with Gasteiger partial charge in [0.05, 0.1) is 12.7 Å². The van der Waals surface area contributed by atoms with Gasteiger partial charge in [0.1, 0.15) is 5.69 Å². The third kappa shape index (κ3) is 4.05. The lowest BCUT2D eigenvalue weighted by molar-refractivity contribution is -0.115. The number of allylic oxidation sites excluding steroid dienone is 1. The SMILES string of the molecule is COC(=O)c1c[nH]c(=O)c(NC(=O)CC2=CCCCC2)c1. The number of H-pyrrole nitrogens is 1. The summed E-state index contributed by atoms with van der Waals surface area (Å²) in [7, 11) is 1.25. The molecule has 0 radical (unpaired) electrons. The lowest BCUT2D eigenvalue weighted by atomic mass is 9.97. The van der Waals surface area contributed by atoms with Gasteiger partial charge >= 0.3 is 5.97 Å². The van der Waals surface area contributed by atoms with Gasteiger partial charge in [0.15, 0.2) is 0 Å². The van der Waals surface area contributed by atoms with Crippen molar-refractivity contribution in [2.24, 2.45) is 0 Å². The van der Waals surface area contributed by atoms with Crippen molar-refractivity contribution in [1.29, 1.82) is 0 Å². The molecule has 1 amide bonds. The number of carbonyl (C=O) groups excluding carboxylic acids is 2. The first kappa shape index (κ1) is 15.0. The van der Waals surface area contributed by atoms with Gasteiger partial charge in [-0.3, -0.25) is 9.59 Å². The van der Waals surface area contributed by atoms with Gasteiger partial charge in [-0.2, -0.15) is 0 Å². The number of aromatic nitrogens is 1. The van der Waals surface area contributed by atoms with E-state index in [0.717, 1.165) is 31.3 Å². The minimum Gasteiger partial charge on any atom is -0.465 e. The maximum atomic E-state index is 12.0. The average molecular weight is 290 g/mol. The van der Waals surface area contributed by atoms with Gasteiger partial charge in [-0.1, -0.05) is 11.6 Å². The standard InChI is InChI=1S/C15H18N2O4/c1-21-15(20)11-8-12(14(19)16-9-11)17-13(18)7-10-5-3-2-4-6-10/h5,8-9H,2-4,6-7H2,1H3,(H,16,19)(H,17,18). The molecule has 0 aliphatic heterocycles. The highest BCUT2D eigenvalue weighted by Gasteiger charge is 2.13. The molecule has 0 unspecified atom stereocenters. The first-order valence-electron chi connectivity index (χ1n) is 6.89. The Bertz CT molecular complexity index is 631. The van der Waals surface area contributed by atoms with Crippen LogP contribution in [0, 0.1) is 0 Å². The van der Waals surface area contributed by atoms with Crippen LogP contribution >= 0.6 is 0 Å². The van der Waals surface area contributed by atoms with Crippen LogP contribution in [0.4, 0.5) is 5.69 Å². The number of nitrogens with one attached hydrogen (secondary N) is 2. The molecule has 1 aromatic heterocycles. The zero-order valence-electron chi connectivity index (χ0n) is 11.9. The van der Waals surface area contributed by atoms with Crippen molar-refractivity contribution < 1.29 is 14.3 Å². The number of hydrogen-bond acceptors (Lipinski definition) is 4. The number of carbonyl (C=O) groups is 2. The topological polar surface area (TPSA) is 88.3 Å². The molecule has 0 spiro atoms. The predicted octanol–water partition coefficient (Wildman–Crippen LogP) is 1.99. The van der Waals surface area contributed by atoms with Gasteiger partial charge < -0.3 is 15.0 Å². The van der Waals surface area contributed by atoms with Crippen LogP contribution in [0.1, 0.15) is 42.5 Å². The van der Waals surface area contributed by atoms with E-state index in [4.69, 9.17) is 0 Å². The maximum Gasteiger partial charge on any atom is 0.339 e. The molecular formula is C15H18N2O4. The van der Waals surface area contributed by atoms with E-state index in [1.165, 1.54) is 19.4 Å². The number of hydrogen-bond donors (Lipinski definition) is 2. The van der Waals surface area contributed by atoms with Crippen LogP contribution in [-0.2, 0) is 9.53 Å². The van der Waals surface area contributed by atoms with E-state index in [-0.39, 0.29) is 23.6 Å². The molecule has 2 N–H and O–H groups in total. The van der Waals surface area contributed by atoms with Crippen LogP contribution < -0.4 is 10.9 Å². The minimum atomic E-state index is -0.572. The number of anilines is 1. The maximum absolute atomic E-state index is 12.0. The van der Waals surface area contributed by atoms with Crippen LogP contribution in [0.5, 0.6) is 0 Å². The lowest BCUT2D eigenvalue weighted by Crippen LogP contribution is -2.21. The third-order valence-corrected chi connectivity index (χ3v) is 3.37. The second-order valence-corrected chi connectivity index (χ2v) is 4.96. The summed E-state index contributed by atoms with van der Waals surface area (Å²) in [6.07, 6.45) is 7.80. The van der Waals surface area contributed by atoms with Crippen LogP contribution in [0.2, 0.25) is 0 Å². The van der Waals surface area contributed by atoms with Crippen molar-refractivity contribution in [3.8, 4) is 0 Å². The molecule has 1 aromatic rings. The normalized spacial score (nSPS) is 14.2. The number of ether oxygens (including phenoxy) is 1. The summed E-state index contributed by atoms with van der Waals surface area (Å²) < 4.78 is 4.57. The summed E-state index contributed by atoms with van der Waals surface area (Å²) >= 11 is 0. The second kappa shape index (κ2) is 6.88. The molecule has 0 fully saturated rings. The molecule has 1 aliphatic rings. The summed E-state index contributed by atoms with van der Waals surface area (Å²) in [5.41, 5.74) is 0.886. The molecule has 21 heavy (non-hydrogen) atoms. The smallest absolute Gasteiger partial charge is 0.339 e. The highest BCUT2D eigenvalue weighted by atomic mass is 16.5. The molecule has 6 heteroatoms. The van der Waals surface area contributed by atoms with Crippen LogP contribution in [-0.4, -0.2) is 24.0 Å². The van der Waals surface area contributed by atoms with Crippen LogP contribution in [0.3, 0.4) is 0 Å². The Morgan fingerprint density at radius 1 is 1.38 bits per heavy atom. The largest absolute Gasteiger partial charge is 0.465 e. The molecule has 1 heterocycles. The van der Waals surface area contributed by atoms with E-state index in [0.29, 0.717) is 0 Å². The van der Waals surface area contributed by atoms with Gasteiger partial charge in [0.25, 0.3) is 5.56 Å². The zero-order chi connectivity index (χ0) is 15.2. The molecule has 2 rings (SSSR count). The summed E-state index contributed by atoms with van der Waals surface area (Å²) in [6.45, 7) is 0. The molecule has 112 valence electrons. The fraction of sp³-hybridized carbons (Fsp3) is 0.400. The quantitative estimate of drug-likeness (QED) is 0.655. The molecule has 6 nitrogen and oxygen atoms in total. The monoisotopic (exact) mass is 290 g/mol. The highest BCUT2D eigenvalue weighted by Crippen LogP contribution is 2.20. The minimum absolute atomic E-state index is 0.0549. The fourth-order valence-corrected chi connectivity index (χ4v) is 2.28. The zero-order valence-corrected chi connectivity index (χ0v) is 11.9. The molecule has 1 aliphatic carbocycles. The molecule has 0 aromatic carbocycles. The van der Waals surface area contributed by atoms with Crippen molar-refractivity contribution in [3.05, 3.63) is 39.8 Å². The number of methoxy groups -OCH3 is 1. The number of esters is 1. The van der Waals surface area contributed by atoms with E-state index < -0.39 is 11.5 Å².